The molecule has 0 bridgehead atoms. The second-order valence-electron chi connectivity index (χ2n) is 4.74. The molecule has 0 spiro atoms. The molecule has 0 saturated carbocycles. The van der Waals surface area contributed by atoms with E-state index in [2.05, 4.69) is 43.2 Å². The summed E-state index contributed by atoms with van der Waals surface area (Å²) >= 11 is 0. The summed E-state index contributed by atoms with van der Waals surface area (Å²) in [6, 6.07) is 4.91. The van der Waals surface area contributed by atoms with Crippen LogP contribution in [0, 0.1) is 0 Å². The monoisotopic (exact) mass is 239 g/mol. The molecule has 1 aromatic rings. The van der Waals surface area contributed by atoms with Gasteiger partial charge in [-0.15, -0.1) is 0 Å². The van der Waals surface area contributed by atoms with Crippen molar-refractivity contribution in [1.82, 2.24) is 15.5 Å². The zero-order chi connectivity index (χ0) is 13.3. The Labute approximate surface area is 104 Å². The van der Waals surface area contributed by atoms with Gasteiger partial charge in [0.1, 0.15) is 0 Å². The first-order valence-electron chi connectivity index (χ1n) is 6.12. The first kappa shape index (κ1) is 16.0. The first-order chi connectivity index (χ1) is 7.91. The van der Waals surface area contributed by atoms with Crippen molar-refractivity contribution >= 4 is 0 Å². The number of nitrogens with one attached hydrogen (secondary N) is 1. The Hall–Kier alpha value is -1.00. The van der Waals surface area contributed by atoms with E-state index in [1.807, 2.05) is 12.1 Å². The summed E-state index contributed by atoms with van der Waals surface area (Å²) in [7, 11) is 0. The van der Waals surface area contributed by atoms with Gasteiger partial charge in [0.25, 0.3) is 0 Å². The molecular weight excluding hydrogens is 214 g/mol. The van der Waals surface area contributed by atoms with E-state index < -0.39 is 0 Å². The molecule has 0 aliphatic carbocycles. The van der Waals surface area contributed by atoms with Crippen LogP contribution in [0.15, 0.2) is 18.3 Å². The van der Waals surface area contributed by atoms with Crippen molar-refractivity contribution in [1.29, 1.82) is 0 Å². The number of aromatic nitrogens is 2. The molecule has 4 heteroatoms. The van der Waals surface area contributed by atoms with Crippen molar-refractivity contribution in [2.75, 3.05) is 0 Å². The summed E-state index contributed by atoms with van der Waals surface area (Å²) in [5.41, 5.74) is 0.831. The molecule has 0 fully saturated rings. The van der Waals surface area contributed by atoms with E-state index in [-0.39, 0.29) is 6.10 Å². The molecule has 1 rings (SSSR count). The van der Waals surface area contributed by atoms with Gasteiger partial charge in [0.15, 0.2) is 0 Å². The van der Waals surface area contributed by atoms with Gasteiger partial charge >= 0.3 is 0 Å². The first-order valence-corrected chi connectivity index (χ1v) is 6.12. The van der Waals surface area contributed by atoms with Gasteiger partial charge in [0.05, 0.1) is 11.8 Å². The Bertz CT molecular complexity index is 267. The van der Waals surface area contributed by atoms with E-state index in [0.717, 1.165) is 5.69 Å². The number of hydrogen-bond donors (Lipinski definition) is 2. The minimum atomic E-state index is -0.336. The Balaban J connectivity index is 0.000000325. The maximum Gasteiger partial charge on any atom is 0.0656 e. The number of rotatable bonds is 4. The SMILES string of the molecule is CC(C)NC(C)C.CC(O)Cc1cccnn1. The van der Waals surface area contributed by atoms with E-state index in [4.69, 9.17) is 5.11 Å². The van der Waals surface area contributed by atoms with Crippen LogP contribution in [-0.4, -0.2) is 33.5 Å². The van der Waals surface area contributed by atoms with Crippen LogP contribution in [0.25, 0.3) is 0 Å². The molecule has 1 heterocycles. The zero-order valence-electron chi connectivity index (χ0n) is 11.5. The molecule has 0 saturated heterocycles. The lowest BCUT2D eigenvalue weighted by Gasteiger charge is -2.10. The van der Waals surface area contributed by atoms with Crippen LogP contribution in [0.3, 0.4) is 0 Å². The summed E-state index contributed by atoms with van der Waals surface area (Å²) in [5.74, 6) is 0. The minimum Gasteiger partial charge on any atom is -0.393 e. The summed E-state index contributed by atoms with van der Waals surface area (Å²) < 4.78 is 0. The summed E-state index contributed by atoms with van der Waals surface area (Å²) in [5, 5.41) is 19.7. The van der Waals surface area contributed by atoms with E-state index in [1.165, 1.54) is 0 Å². The Morgan fingerprint density at radius 3 is 2.06 bits per heavy atom. The van der Waals surface area contributed by atoms with Crippen LogP contribution in [-0.2, 0) is 6.42 Å². The van der Waals surface area contributed by atoms with Gasteiger partial charge in [-0.25, -0.2) is 0 Å². The lowest BCUT2D eigenvalue weighted by molar-refractivity contribution is 0.194. The molecule has 0 aliphatic heterocycles. The summed E-state index contributed by atoms with van der Waals surface area (Å²) in [6.07, 6.45) is 1.86. The number of aliphatic hydroxyl groups excluding tert-OH is 1. The summed E-state index contributed by atoms with van der Waals surface area (Å²) in [6.45, 7) is 10.3. The number of aliphatic hydroxyl groups is 1. The highest BCUT2D eigenvalue weighted by Gasteiger charge is 1.98. The third-order valence-electron chi connectivity index (χ3n) is 1.80. The van der Waals surface area contributed by atoms with Crippen molar-refractivity contribution < 1.29 is 5.11 Å². The molecule has 17 heavy (non-hydrogen) atoms. The Morgan fingerprint density at radius 1 is 1.18 bits per heavy atom. The molecular formula is C13H25N3O. The van der Waals surface area contributed by atoms with E-state index in [0.29, 0.717) is 18.5 Å². The molecule has 0 aliphatic rings. The molecule has 1 atom stereocenters. The van der Waals surface area contributed by atoms with Crippen LogP contribution in [0.5, 0.6) is 0 Å². The second kappa shape index (κ2) is 9.07. The third kappa shape index (κ3) is 11.3. The van der Waals surface area contributed by atoms with Gasteiger partial charge in [-0.1, -0.05) is 27.7 Å². The molecule has 4 nitrogen and oxygen atoms in total. The average molecular weight is 239 g/mol. The smallest absolute Gasteiger partial charge is 0.0656 e. The van der Waals surface area contributed by atoms with E-state index in [1.54, 1.807) is 13.1 Å². The van der Waals surface area contributed by atoms with Crippen LogP contribution in [0.2, 0.25) is 0 Å². The fraction of sp³-hybridized carbons (Fsp3) is 0.692. The van der Waals surface area contributed by atoms with Crippen LogP contribution in [0.1, 0.15) is 40.3 Å². The Kier molecular flexibility index (Phi) is 8.54. The topological polar surface area (TPSA) is 58.0 Å². The molecule has 1 unspecified atom stereocenters. The van der Waals surface area contributed by atoms with Gasteiger partial charge < -0.3 is 10.4 Å². The lowest BCUT2D eigenvalue weighted by Crippen LogP contribution is -2.29. The van der Waals surface area contributed by atoms with Crippen molar-refractivity contribution in [3.63, 3.8) is 0 Å². The minimum absolute atomic E-state index is 0.336. The number of hydrogen-bond acceptors (Lipinski definition) is 4. The molecule has 98 valence electrons. The fourth-order valence-corrected chi connectivity index (χ4v) is 1.41. The predicted octanol–water partition coefficient (Wildman–Crippen LogP) is 1.79. The quantitative estimate of drug-likeness (QED) is 0.841. The maximum absolute atomic E-state index is 8.94. The predicted molar refractivity (Wildman–Crippen MR) is 70.8 cm³/mol. The van der Waals surface area contributed by atoms with Crippen LogP contribution < -0.4 is 5.32 Å². The van der Waals surface area contributed by atoms with Gasteiger partial charge in [-0.3, -0.25) is 0 Å². The molecule has 0 aromatic carbocycles. The lowest BCUT2D eigenvalue weighted by atomic mass is 10.2. The molecule has 1 aromatic heterocycles. The average Bonchev–Trinajstić information content (AvgIpc) is 2.16. The van der Waals surface area contributed by atoms with Crippen LogP contribution >= 0.6 is 0 Å². The number of nitrogens with zero attached hydrogens (tertiary/aromatic N) is 2. The second-order valence-corrected chi connectivity index (χ2v) is 4.74. The standard InChI is InChI=1S/C7H10N2O.C6H15N/c1-6(10)5-7-3-2-4-8-9-7;1-5(2)7-6(3)4/h2-4,6,10H,5H2,1H3;5-7H,1-4H3. The van der Waals surface area contributed by atoms with Gasteiger partial charge in [0.2, 0.25) is 0 Å². The maximum atomic E-state index is 8.94. The van der Waals surface area contributed by atoms with Crippen molar-refractivity contribution in [2.24, 2.45) is 0 Å². The highest BCUT2D eigenvalue weighted by molar-refractivity contribution is 4.99. The van der Waals surface area contributed by atoms with Crippen molar-refractivity contribution in [2.45, 2.75) is 59.2 Å². The van der Waals surface area contributed by atoms with E-state index >= 15 is 0 Å². The van der Waals surface area contributed by atoms with Crippen LogP contribution in [0.4, 0.5) is 0 Å². The normalized spacial score (nSPS) is 12.2. The molecule has 2 N–H and O–H groups in total. The van der Waals surface area contributed by atoms with Gasteiger partial charge in [-0.2, -0.15) is 10.2 Å². The molecule has 0 radical (unpaired) electrons. The molecule has 0 amide bonds. The zero-order valence-corrected chi connectivity index (χ0v) is 11.5. The van der Waals surface area contributed by atoms with E-state index in [9.17, 15) is 0 Å². The van der Waals surface area contributed by atoms with Crippen molar-refractivity contribution in [3.8, 4) is 0 Å². The van der Waals surface area contributed by atoms with Gasteiger partial charge in [-0.05, 0) is 19.1 Å². The largest absolute Gasteiger partial charge is 0.393 e. The summed E-state index contributed by atoms with van der Waals surface area (Å²) in [4.78, 5) is 0. The van der Waals surface area contributed by atoms with Gasteiger partial charge in [0, 0.05) is 24.7 Å². The highest BCUT2D eigenvalue weighted by atomic mass is 16.3. The van der Waals surface area contributed by atoms with Crippen molar-refractivity contribution in [3.05, 3.63) is 24.0 Å². The third-order valence-corrected chi connectivity index (χ3v) is 1.80. The fourth-order valence-electron chi connectivity index (χ4n) is 1.41. The Morgan fingerprint density at radius 2 is 1.76 bits per heavy atom. The highest BCUT2D eigenvalue weighted by Crippen LogP contribution is 1.95.